The Hall–Kier alpha value is -0.0400. The van der Waals surface area contributed by atoms with E-state index in [1.807, 2.05) is 0 Å². The summed E-state index contributed by atoms with van der Waals surface area (Å²) in [7, 11) is 2.58. The van der Waals surface area contributed by atoms with Crippen LogP contribution < -0.4 is 0 Å². The molecule has 0 heterocycles. The molecule has 0 aliphatic carbocycles. The van der Waals surface area contributed by atoms with Crippen LogP contribution in [0.25, 0.3) is 0 Å². The molecule has 0 unspecified atom stereocenters. The van der Waals surface area contributed by atoms with Gasteiger partial charge >= 0.3 is 0 Å². The molecule has 1 heteroatoms. The predicted octanol–water partition coefficient (Wildman–Crippen LogP) is 10.1. The van der Waals surface area contributed by atoms with Gasteiger partial charge in [0.1, 0.15) is 0 Å². The lowest BCUT2D eigenvalue weighted by Gasteiger charge is -2.35. The van der Waals surface area contributed by atoms with Crippen molar-refractivity contribution in [2.45, 2.75) is 162 Å². The maximum Gasteiger partial charge on any atom is 0.0784 e. The summed E-state index contributed by atoms with van der Waals surface area (Å²) < 4.78 is 1.36. The molecule has 0 atom stereocenters. The van der Waals surface area contributed by atoms with Crippen LogP contribution >= 0.6 is 0 Å². The van der Waals surface area contributed by atoms with E-state index in [0.717, 1.165) is 0 Å². The lowest BCUT2D eigenvalue weighted by atomic mass is 10.1. The number of hydrogen-bond donors (Lipinski definition) is 0. The van der Waals surface area contributed by atoms with E-state index in [-0.39, 0.29) is 0 Å². The van der Waals surface area contributed by atoms with Gasteiger partial charge in [0.25, 0.3) is 0 Å². The van der Waals surface area contributed by atoms with Crippen molar-refractivity contribution >= 4 is 0 Å². The van der Waals surface area contributed by atoms with E-state index in [0.29, 0.717) is 0 Å². The number of quaternary nitrogens is 1. The third-order valence-electron chi connectivity index (χ3n) is 7.15. The first kappa shape index (κ1) is 30.0. The molecule has 0 radical (unpaired) electrons. The summed E-state index contributed by atoms with van der Waals surface area (Å²) in [4.78, 5) is 0. The number of rotatable bonds is 25. The first-order chi connectivity index (χ1) is 14.7. The van der Waals surface area contributed by atoms with Gasteiger partial charge in [0, 0.05) is 0 Å². The second-order valence-electron chi connectivity index (χ2n) is 10.5. The predicted molar refractivity (Wildman–Crippen MR) is 139 cm³/mol. The van der Waals surface area contributed by atoms with Gasteiger partial charge in [-0.2, -0.15) is 0 Å². The highest BCUT2D eigenvalue weighted by Gasteiger charge is 2.20. The number of nitrogens with zero attached hydrogens (tertiary/aromatic N) is 1. The molecule has 0 bridgehead atoms. The Labute approximate surface area is 193 Å². The number of unbranched alkanes of at least 4 members (excludes halogenated alkanes) is 19. The molecule has 0 fully saturated rings. The fourth-order valence-electron chi connectivity index (χ4n) is 4.86. The maximum atomic E-state index is 2.58. The Morgan fingerprint density at radius 1 is 0.300 bits per heavy atom. The standard InChI is InChI=1S/C29H62N/c1-5-8-11-14-17-18-19-20-23-26-29-30(4,27-24-21-15-12-9-6-2)28-25-22-16-13-10-7-3/h5-29H2,1-4H3/q+1. The largest absolute Gasteiger partial charge is 0.326 e. The molecular formula is C29H62N+. The SMILES string of the molecule is CCCCCCCCCCCC[N+](C)(CCCCCCCC)CCCCCCCC. The van der Waals surface area contributed by atoms with Crippen LogP contribution in [0.1, 0.15) is 162 Å². The lowest BCUT2D eigenvalue weighted by Crippen LogP contribution is -2.46. The van der Waals surface area contributed by atoms with E-state index in [4.69, 9.17) is 0 Å². The summed E-state index contributed by atoms with van der Waals surface area (Å²) >= 11 is 0. The molecule has 0 aromatic carbocycles. The molecule has 0 N–H and O–H groups in total. The molecule has 30 heavy (non-hydrogen) atoms. The highest BCUT2D eigenvalue weighted by atomic mass is 15.3. The fraction of sp³-hybridized carbons (Fsp3) is 1.00. The zero-order valence-corrected chi connectivity index (χ0v) is 22.1. The molecule has 0 spiro atoms. The fourth-order valence-corrected chi connectivity index (χ4v) is 4.86. The second kappa shape index (κ2) is 23.6. The van der Waals surface area contributed by atoms with Crippen LogP contribution in [0.5, 0.6) is 0 Å². The van der Waals surface area contributed by atoms with Gasteiger partial charge in [0.2, 0.25) is 0 Å². The van der Waals surface area contributed by atoms with E-state index in [2.05, 4.69) is 27.8 Å². The van der Waals surface area contributed by atoms with Crippen LogP contribution in [-0.4, -0.2) is 31.2 Å². The van der Waals surface area contributed by atoms with Gasteiger partial charge < -0.3 is 4.48 Å². The minimum Gasteiger partial charge on any atom is -0.326 e. The van der Waals surface area contributed by atoms with Crippen LogP contribution in [-0.2, 0) is 0 Å². The van der Waals surface area contributed by atoms with Gasteiger partial charge in [-0.1, -0.05) is 124 Å². The molecule has 0 amide bonds. The third kappa shape index (κ3) is 21.2. The first-order valence-corrected chi connectivity index (χ1v) is 14.5. The van der Waals surface area contributed by atoms with Gasteiger partial charge in [-0.25, -0.2) is 0 Å². The molecule has 0 aromatic heterocycles. The molecule has 0 aromatic rings. The van der Waals surface area contributed by atoms with E-state index in [9.17, 15) is 0 Å². The van der Waals surface area contributed by atoms with Gasteiger partial charge in [-0.3, -0.25) is 0 Å². The average Bonchev–Trinajstić information content (AvgIpc) is 2.74. The Bertz CT molecular complexity index is 295. The van der Waals surface area contributed by atoms with E-state index >= 15 is 0 Å². The first-order valence-electron chi connectivity index (χ1n) is 14.5. The highest BCUT2D eigenvalue weighted by molar-refractivity contribution is 4.51. The van der Waals surface area contributed by atoms with Crippen molar-refractivity contribution in [3.05, 3.63) is 0 Å². The van der Waals surface area contributed by atoms with Crippen LogP contribution in [0.2, 0.25) is 0 Å². The van der Waals surface area contributed by atoms with Crippen LogP contribution in [0.3, 0.4) is 0 Å². The summed E-state index contributed by atoms with van der Waals surface area (Å²) in [5, 5.41) is 0. The zero-order valence-electron chi connectivity index (χ0n) is 22.1. The molecule has 182 valence electrons. The van der Waals surface area contributed by atoms with E-state index in [1.165, 1.54) is 165 Å². The van der Waals surface area contributed by atoms with Crippen molar-refractivity contribution in [3.8, 4) is 0 Å². The molecule has 0 saturated carbocycles. The molecule has 0 rings (SSSR count). The Morgan fingerprint density at radius 3 is 0.733 bits per heavy atom. The smallest absolute Gasteiger partial charge is 0.0784 e. The maximum absolute atomic E-state index is 2.58. The van der Waals surface area contributed by atoms with Crippen molar-refractivity contribution in [1.29, 1.82) is 0 Å². The summed E-state index contributed by atoms with van der Waals surface area (Å²) in [6.45, 7) is 11.2. The van der Waals surface area contributed by atoms with Crippen molar-refractivity contribution in [2.75, 3.05) is 26.7 Å². The molecule has 0 aliphatic rings. The quantitative estimate of drug-likeness (QED) is 0.101. The monoisotopic (exact) mass is 424 g/mol. The van der Waals surface area contributed by atoms with Gasteiger partial charge in [-0.15, -0.1) is 0 Å². The van der Waals surface area contributed by atoms with Crippen LogP contribution in [0.4, 0.5) is 0 Å². The Morgan fingerprint density at radius 2 is 0.500 bits per heavy atom. The van der Waals surface area contributed by atoms with Gasteiger partial charge in [0.05, 0.1) is 26.7 Å². The van der Waals surface area contributed by atoms with Crippen molar-refractivity contribution in [2.24, 2.45) is 0 Å². The topological polar surface area (TPSA) is 0 Å². The average molecular weight is 425 g/mol. The summed E-state index contributed by atoms with van der Waals surface area (Å²) in [5.41, 5.74) is 0. The Balaban J connectivity index is 3.97. The highest BCUT2D eigenvalue weighted by Crippen LogP contribution is 2.16. The number of hydrogen-bond acceptors (Lipinski definition) is 0. The molecule has 0 aliphatic heterocycles. The van der Waals surface area contributed by atoms with Crippen molar-refractivity contribution in [3.63, 3.8) is 0 Å². The Kier molecular flexibility index (Phi) is 23.6. The summed E-state index contributed by atoms with van der Waals surface area (Å²) in [6.07, 6.45) is 31.8. The van der Waals surface area contributed by atoms with Crippen molar-refractivity contribution in [1.82, 2.24) is 0 Å². The molecule has 0 saturated heterocycles. The summed E-state index contributed by atoms with van der Waals surface area (Å²) in [5.74, 6) is 0. The second-order valence-corrected chi connectivity index (χ2v) is 10.5. The lowest BCUT2D eigenvalue weighted by molar-refractivity contribution is -0.910. The van der Waals surface area contributed by atoms with Gasteiger partial charge in [0.15, 0.2) is 0 Å². The van der Waals surface area contributed by atoms with E-state index in [1.54, 1.807) is 0 Å². The van der Waals surface area contributed by atoms with Gasteiger partial charge in [-0.05, 0) is 38.5 Å². The molecule has 1 nitrogen and oxygen atoms in total. The normalized spacial score (nSPS) is 12.0. The minimum absolute atomic E-state index is 1.36. The van der Waals surface area contributed by atoms with E-state index < -0.39 is 0 Å². The van der Waals surface area contributed by atoms with Crippen LogP contribution in [0, 0.1) is 0 Å². The summed E-state index contributed by atoms with van der Waals surface area (Å²) in [6, 6.07) is 0. The zero-order chi connectivity index (χ0) is 22.2. The van der Waals surface area contributed by atoms with Crippen LogP contribution in [0.15, 0.2) is 0 Å². The van der Waals surface area contributed by atoms with Crippen molar-refractivity contribution < 1.29 is 4.48 Å². The third-order valence-corrected chi connectivity index (χ3v) is 7.15. The molecular weight excluding hydrogens is 362 g/mol. The minimum atomic E-state index is 1.36.